The van der Waals surface area contributed by atoms with Gasteiger partial charge in [0.05, 0.1) is 6.10 Å². The zero-order valence-corrected chi connectivity index (χ0v) is 8.51. The van der Waals surface area contributed by atoms with Crippen LogP contribution in [-0.2, 0) is 9.53 Å². The maximum atomic E-state index is 10.8. The lowest BCUT2D eigenvalue weighted by Gasteiger charge is -2.10. The average molecular weight is 188 g/mol. The fourth-order valence-corrected chi connectivity index (χ4v) is 0.850. The Kier molecular flexibility index (Phi) is 10.7. The quantitative estimate of drug-likeness (QED) is 0.569. The topological polar surface area (TPSA) is 57.8 Å². The zero-order chi connectivity index (χ0) is 9.40. The molecule has 0 aromatic rings. The first-order chi connectivity index (χ1) is 5.70. The molecule has 0 saturated carbocycles. The van der Waals surface area contributed by atoms with Crippen LogP contribution in [0, 0.1) is 0 Å². The van der Waals surface area contributed by atoms with Crippen molar-refractivity contribution in [2.75, 3.05) is 6.61 Å². The molecule has 1 unspecified atom stereocenters. The Morgan fingerprint density at radius 1 is 1.62 bits per heavy atom. The van der Waals surface area contributed by atoms with Gasteiger partial charge in [-0.1, -0.05) is 13.5 Å². The molecular formula is C10H20O3. The van der Waals surface area contributed by atoms with Crippen molar-refractivity contribution in [2.45, 2.75) is 39.2 Å². The Morgan fingerprint density at radius 2 is 2.23 bits per heavy atom. The molecule has 0 bridgehead atoms. The maximum Gasteiger partial charge on any atom is 0.155 e. The van der Waals surface area contributed by atoms with E-state index in [-0.39, 0.29) is 17.4 Å². The van der Waals surface area contributed by atoms with Crippen LogP contribution in [0.3, 0.4) is 0 Å². The minimum atomic E-state index is 0. The molecule has 3 heteroatoms. The Labute approximate surface area is 80.1 Å². The lowest BCUT2D eigenvalue weighted by atomic mass is 10.1. The fraction of sp³-hybridized carbons (Fsp3) is 0.700. The molecule has 0 aromatic carbocycles. The zero-order valence-electron chi connectivity index (χ0n) is 8.51. The molecule has 0 fully saturated rings. The molecule has 0 aromatic heterocycles. The molecule has 0 rings (SSSR count). The summed E-state index contributed by atoms with van der Waals surface area (Å²) in [5.74, 6) is 0.0990. The average Bonchev–Trinajstić information content (AvgIpc) is 2.10. The SMILES string of the molecule is C=CC(=O)CCC(C)OCCC.O. The van der Waals surface area contributed by atoms with Crippen molar-refractivity contribution in [1.82, 2.24) is 0 Å². The van der Waals surface area contributed by atoms with E-state index in [1.54, 1.807) is 0 Å². The molecule has 0 saturated heterocycles. The molecule has 0 aliphatic carbocycles. The van der Waals surface area contributed by atoms with Gasteiger partial charge in [-0.2, -0.15) is 0 Å². The number of hydrogen-bond donors (Lipinski definition) is 0. The van der Waals surface area contributed by atoms with Crippen LogP contribution in [0.25, 0.3) is 0 Å². The minimum Gasteiger partial charge on any atom is -0.412 e. The molecule has 0 amide bonds. The predicted octanol–water partition coefficient (Wildman–Crippen LogP) is 1.51. The third kappa shape index (κ3) is 9.24. The molecule has 0 heterocycles. The van der Waals surface area contributed by atoms with E-state index in [0.717, 1.165) is 19.4 Å². The Hall–Kier alpha value is -0.670. The normalized spacial score (nSPS) is 11.5. The van der Waals surface area contributed by atoms with Crippen molar-refractivity contribution < 1.29 is 15.0 Å². The fourth-order valence-electron chi connectivity index (χ4n) is 0.850. The van der Waals surface area contributed by atoms with Crippen LogP contribution in [0.4, 0.5) is 0 Å². The second kappa shape index (κ2) is 9.42. The van der Waals surface area contributed by atoms with Gasteiger partial charge in [0.1, 0.15) is 0 Å². The Balaban J connectivity index is 0. The van der Waals surface area contributed by atoms with Crippen LogP contribution in [0.1, 0.15) is 33.1 Å². The van der Waals surface area contributed by atoms with E-state index in [4.69, 9.17) is 4.74 Å². The lowest BCUT2D eigenvalue weighted by Crippen LogP contribution is -2.10. The first-order valence-corrected chi connectivity index (χ1v) is 4.47. The van der Waals surface area contributed by atoms with Crippen molar-refractivity contribution >= 4 is 5.78 Å². The van der Waals surface area contributed by atoms with Gasteiger partial charge in [0.2, 0.25) is 0 Å². The van der Waals surface area contributed by atoms with Crippen LogP contribution in [-0.4, -0.2) is 24.0 Å². The summed E-state index contributed by atoms with van der Waals surface area (Å²) in [4.78, 5) is 10.8. The number of ketones is 1. The van der Waals surface area contributed by atoms with Crippen molar-refractivity contribution in [1.29, 1.82) is 0 Å². The summed E-state index contributed by atoms with van der Waals surface area (Å²) in [5, 5.41) is 0. The standard InChI is InChI=1S/C10H18O2.H2O/c1-4-8-12-9(3)6-7-10(11)5-2;/h5,9H,2,4,6-8H2,1,3H3;1H2. The van der Waals surface area contributed by atoms with Crippen molar-refractivity contribution in [3.63, 3.8) is 0 Å². The smallest absolute Gasteiger partial charge is 0.155 e. The molecule has 0 aliphatic rings. The summed E-state index contributed by atoms with van der Waals surface area (Å²) < 4.78 is 5.40. The van der Waals surface area contributed by atoms with E-state index in [0.29, 0.717) is 6.42 Å². The van der Waals surface area contributed by atoms with Crippen molar-refractivity contribution in [2.24, 2.45) is 0 Å². The molecule has 13 heavy (non-hydrogen) atoms. The van der Waals surface area contributed by atoms with Gasteiger partial charge in [0.15, 0.2) is 5.78 Å². The second-order valence-corrected chi connectivity index (χ2v) is 2.89. The third-order valence-electron chi connectivity index (χ3n) is 1.63. The lowest BCUT2D eigenvalue weighted by molar-refractivity contribution is -0.115. The van der Waals surface area contributed by atoms with Gasteiger partial charge in [0, 0.05) is 13.0 Å². The monoisotopic (exact) mass is 188 g/mol. The van der Waals surface area contributed by atoms with E-state index in [1.165, 1.54) is 6.08 Å². The summed E-state index contributed by atoms with van der Waals surface area (Å²) in [6, 6.07) is 0. The summed E-state index contributed by atoms with van der Waals surface area (Å²) >= 11 is 0. The van der Waals surface area contributed by atoms with Crippen LogP contribution in [0.2, 0.25) is 0 Å². The molecular weight excluding hydrogens is 168 g/mol. The second-order valence-electron chi connectivity index (χ2n) is 2.89. The number of ether oxygens (including phenoxy) is 1. The number of carbonyl (C=O) groups is 1. The van der Waals surface area contributed by atoms with E-state index in [9.17, 15) is 4.79 Å². The van der Waals surface area contributed by atoms with Crippen LogP contribution in [0.5, 0.6) is 0 Å². The van der Waals surface area contributed by atoms with Crippen molar-refractivity contribution in [3.8, 4) is 0 Å². The Morgan fingerprint density at radius 3 is 2.69 bits per heavy atom. The molecule has 78 valence electrons. The van der Waals surface area contributed by atoms with Gasteiger partial charge in [-0.05, 0) is 25.8 Å². The highest BCUT2D eigenvalue weighted by atomic mass is 16.5. The van der Waals surface area contributed by atoms with E-state index < -0.39 is 0 Å². The van der Waals surface area contributed by atoms with E-state index >= 15 is 0 Å². The first-order valence-electron chi connectivity index (χ1n) is 4.47. The van der Waals surface area contributed by atoms with E-state index in [1.807, 2.05) is 6.92 Å². The van der Waals surface area contributed by atoms with Gasteiger partial charge in [-0.15, -0.1) is 0 Å². The molecule has 0 aliphatic heterocycles. The molecule has 0 radical (unpaired) electrons. The van der Waals surface area contributed by atoms with Crippen LogP contribution >= 0.6 is 0 Å². The largest absolute Gasteiger partial charge is 0.412 e. The molecule has 3 nitrogen and oxygen atoms in total. The van der Waals surface area contributed by atoms with E-state index in [2.05, 4.69) is 13.5 Å². The molecule has 0 spiro atoms. The predicted molar refractivity (Wildman–Crippen MR) is 53.8 cm³/mol. The summed E-state index contributed by atoms with van der Waals surface area (Å²) in [5.41, 5.74) is 0. The minimum absolute atomic E-state index is 0. The summed E-state index contributed by atoms with van der Waals surface area (Å²) in [6.45, 7) is 8.25. The Bertz CT molecular complexity index is 143. The summed E-state index contributed by atoms with van der Waals surface area (Å²) in [6.07, 6.45) is 3.93. The number of hydrogen-bond acceptors (Lipinski definition) is 2. The van der Waals surface area contributed by atoms with Gasteiger partial charge in [-0.3, -0.25) is 4.79 Å². The van der Waals surface area contributed by atoms with Crippen LogP contribution < -0.4 is 0 Å². The summed E-state index contributed by atoms with van der Waals surface area (Å²) in [7, 11) is 0. The number of carbonyl (C=O) groups excluding carboxylic acids is 1. The number of allylic oxidation sites excluding steroid dienone is 1. The third-order valence-corrected chi connectivity index (χ3v) is 1.63. The maximum absolute atomic E-state index is 10.8. The number of rotatable bonds is 7. The van der Waals surface area contributed by atoms with Gasteiger partial charge in [0.25, 0.3) is 0 Å². The highest BCUT2D eigenvalue weighted by Crippen LogP contribution is 2.02. The molecule has 1 atom stereocenters. The van der Waals surface area contributed by atoms with Gasteiger partial charge in [-0.25, -0.2) is 0 Å². The first kappa shape index (κ1) is 14.8. The van der Waals surface area contributed by atoms with Crippen LogP contribution in [0.15, 0.2) is 12.7 Å². The van der Waals surface area contributed by atoms with Gasteiger partial charge >= 0.3 is 0 Å². The molecule has 2 N–H and O–H groups in total. The highest BCUT2D eigenvalue weighted by Gasteiger charge is 2.03. The van der Waals surface area contributed by atoms with Gasteiger partial charge < -0.3 is 10.2 Å². The van der Waals surface area contributed by atoms with Crippen molar-refractivity contribution in [3.05, 3.63) is 12.7 Å². The highest BCUT2D eigenvalue weighted by molar-refractivity contribution is 5.88.